The molecule has 0 aliphatic rings. The van der Waals surface area contributed by atoms with Gasteiger partial charge in [0.1, 0.15) is 5.69 Å². The van der Waals surface area contributed by atoms with E-state index >= 15 is 0 Å². The van der Waals surface area contributed by atoms with E-state index in [0.717, 1.165) is 12.3 Å². The number of carbonyl (C=O) groups excluding carboxylic acids is 1. The third-order valence-corrected chi connectivity index (χ3v) is 1.58. The molecular weight excluding hydrogens is 202 g/mol. The second-order valence-electron chi connectivity index (χ2n) is 2.30. The van der Waals surface area contributed by atoms with Gasteiger partial charge in [-0.2, -0.15) is 8.78 Å². The van der Waals surface area contributed by atoms with Gasteiger partial charge in [-0.25, -0.2) is 0 Å². The van der Waals surface area contributed by atoms with Gasteiger partial charge in [-0.15, -0.1) is 0 Å². The predicted octanol–water partition coefficient (Wildman–Crippen LogP) is 1.31. The molecule has 3 nitrogen and oxygen atoms in total. The van der Waals surface area contributed by atoms with E-state index < -0.39 is 17.5 Å². The Kier molecular flexibility index (Phi) is 2.47. The normalized spacial score (nSPS) is 11.3. The van der Waals surface area contributed by atoms with Gasteiger partial charge in [0.25, 0.3) is 5.91 Å². The number of hydrogen-bond acceptors (Lipinski definition) is 2. The standard InChI is InChI=1S/C7H5ClF2N2O/c8-4-1-2-5(12-3-4)7(9,10)6(11)13/h1-3H,(H2,11,13). The van der Waals surface area contributed by atoms with Crippen molar-refractivity contribution in [3.8, 4) is 0 Å². The number of pyridine rings is 1. The number of halogens is 3. The predicted molar refractivity (Wildman–Crippen MR) is 42.3 cm³/mol. The number of alkyl halides is 2. The Morgan fingerprint density at radius 2 is 2.15 bits per heavy atom. The second-order valence-corrected chi connectivity index (χ2v) is 2.74. The molecule has 1 rings (SSSR count). The minimum atomic E-state index is -3.75. The topological polar surface area (TPSA) is 56.0 Å². The summed E-state index contributed by atoms with van der Waals surface area (Å²) >= 11 is 5.42. The molecule has 0 bridgehead atoms. The van der Waals surface area contributed by atoms with E-state index in [1.165, 1.54) is 6.07 Å². The van der Waals surface area contributed by atoms with Gasteiger partial charge in [0.05, 0.1) is 5.02 Å². The minimum Gasteiger partial charge on any atom is -0.364 e. The van der Waals surface area contributed by atoms with E-state index in [1.807, 2.05) is 0 Å². The minimum absolute atomic E-state index is 0.212. The first kappa shape index (κ1) is 9.85. The Labute approximate surface area is 77.5 Å². The lowest BCUT2D eigenvalue weighted by Crippen LogP contribution is -2.33. The van der Waals surface area contributed by atoms with Gasteiger partial charge in [-0.05, 0) is 12.1 Å². The summed E-state index contributed by atoms with van der Waals surface area (Å²) in [5.41, 5.74) is 3.77. The maximum atomic E-state index is 12.8. The molecule has 2 N–H and O–H groups in total. The molecule has 0 aromatic carbocycles. The van der Waals surface area contributed by atoms with E-state index in [4.69, 9.17) is 11.6 Å². The Morgan fingerprint density at radius 1 is 1.54 bits per heavy atom. The fourth-order valence-electron chi connectivity index (χ4n) is 0.688. The first-order chi connectivity index (χ1) is 5.94. The molecule has 70 valence electrons. The first-order valence-electron chi connectivity index (χ1n) is 3.24. The van der Waals surface area contributed by atoms with Crippen LogP contribution in [-0.4, -0.2) is 10.9 Å². The summed E-state index contributed by atoms with van der Waals surface area (Å²) < 4.78 is 25.7. The highest BCUT2D eigenvalue weighted by Crippen LogP contribution is 2.25. The van der Waals surface area contributed by atoms with Crippen LogP contribution < -0.4 is 5.73 Å². The van der Waals surface area contributed by atoms with Crippen molar-refractivity contribution in [3.63, 3.8) is 0 Å². The molecular formula is C7H5ClF2N2O. The van der Waals surface area contributed by atoms with E-state index in [1.54, 1.807) is 0 Å². The van der Waals surface area contributed by atoms with Crippen LogP contribution in [0.25, 0.3) is 0 Å². The Balaban J connectivity index is 3.08. The lowest BCUT2D eigenvalue weighted by atomic mass is 10.2. The number of primary amides is 1. The zero-order valence-corrected chi connectivity index (χ0v) is 7.05. The van der Waals surface area contributed by atoms with E-state index in [9.17, 15) is 13.6 Å². The van der Waals surface area contributed by atoms with Gasteiger partial charge < -0.3 is 5.73 Å². The zero-order chi connectivity index (χ0) is 10.1. The first-order valence-corrected chi connectivity index (χ1v) is 3.62. The molecule has 0 saturated heterocycles. The van der Waals surface area contributed by atoms with Crippen molar-refractivity contribution in [1.82, 2.24) is 4.98 Å². The van der Waals surface area contributed by atoms with E-state index in [-0.39, 0.29) is 5.02 Å². The molecule has 13 heavy (non-hydrogen) atoms. The van der Waals surface area contributed by atoms with Crippen molar-refractivity contribution in [3.05, 3.63) is 29.0 Å². The van der Waals surface area contributed by atoms with Crippen LogP contribution in [0.3, 0.4) is 0 Å². The van der Waals surface area contributed by atoms with Crippen LogP contribution in [0.2, 0.25) is 5.02 Å². The lowest BCUT2D eigenvalue weighted by Gasteiger charge is -2.10. The third-order valence-electron chi connectivity index (χ3n) is 1.36. The van der Waals surface area contributed by atoms with Crippen molar-refractivity contribution in [1.29, 1.82) is 0 Å². The lowest BCUT2D eigenvalue weighted by molar-refractivity contribution is -0.143. The smallest absolute Gasteiger partial charge is 0.364 e. The third kappa shape index (κ3) is 1.92. The van der Waals surface area contributed by atoms with Gasteiger partial charge in [-0.3, -0.25) is 9.78 Å². The molecule has 1 amide bonds. The summed E-state index contributed by atoms with van der Waals surface area (Å²) in [6.07, 6.45) is 1.02. The number of hydrogen-bond donors (Lipinski definition) is 1. The fourth-order valence-corrected chi connectivity index (χ4v) is 0.800. The van der Waals surface area contributed by atoms with Gasteiger partial charge in [0, 0.05) is 6.20 Å². The highest BCUT2D eigenvalue weighted by Gasteiger charge is 2.40. The fraction of sp³-hybridized carbons (Fsp3) is 0.143. The van der Waals surface area contributed by atoms with Crippen LogP contribution in [0.5, 0.6) is 0 Å². The van der Waals surface area contributed by atoms with Crippen molar-refractivity contribution >= 4 is 17.5 Å². The zero-order valence-electron chi connectivity index (χ0n) is 6.30. The summed E-state index contributed by atoms with van der Waals surface area (Å²) in [7, 11) is 0. The van der Waals surface area contributed by atoms with E-state index in [2.05, 4.69) is 10.7 Å². The van der Waals surface area contributed by atoms with Gasteiger partial charge in [0.2, 0.25) is 0 Å². The van der Waals surface area contributed by atoms with Crippen molar-refractivity contribution in [2.45, 2.75) is 5.92 Å². The monoisotopic (exact) mass is 206 g/mol. The maximum Gasteiger partial charge on any atom is 0.365 e. The number of rotatable bonds is 2. The van der Waals surface area contributed by atoms with Crippen molar-refractivity contribution < 1.29 is 13.6 Å². The SMILES string of the molecule is NC(=O)C(F)(F)c1ccc(Cl)cn1. The van der Waals surface area contributed by atoms with Crippen LogP contribution in [0.1, 0.15) is 5.69 Å². The summed E-state index contributed by atoms with van der Waals surface area (Å²) in [6, 6.07) is 2.16. The van der Waals surface area contributed by atoms with Crippen LogP contribution in [0.4, 0.5) is 8.78 Å². The van der Waals surface area contributed by atoms with Crippen molar-refractivity contribution in [2.75, 3.05) is 0 Å². The van der Waals surface area contributed by atoms with E-state index in [0.29, 0.717) is 0 Å². The molecule has 0 atom stereocenters. The number of carbonyl (C=O) groups is 1. The largest absolute Gasteiger partial charge is 0.365 e. The molecule has 0 aliphatic heterocycles. The molecule has 0 unspecified atom stereocenters. The van der Waals surface area contributed by atoms with Crippen LogP contribution in [-0.2, 0) is 10.7 Å². The molecule has 0 fully saturated rings. The van der Waals surface area contributed by atoms with Crippen LogP contribution >= 0.6 is 11.6 Å². The molecule has 1 aromatic heterocycles. The molecule has 0 spiro atoms. The van der Waals surface area contributed by atoms with Crippen molar-refractivity contribution in [2.24, 2.45) is 5.73 Å². The molecule has 1 heterocycles. The van der Waals surface area contributed by atoms with Gasteiger partial charge >= 0.3 is 5.92 Å². The average Bonchev–Trinajstić information content (AvgIpc) is 2.04. The number of amides is 1. The number of nitrogens with zero attached hydrogens (tertiary/aromatic N) is 1. The average molecular weight is 207 g/mol. The Morgan fingerprint density at radius 3 is 2.54 bits per heavy atom. The Hall–Kier alpha value is -1.23. The highest BCUT2D eigenvalue weighted by atomic mass is 35.5. The van der Waals surface area contributed by atoms with Gasteiger partial charge in [0.15, 0.2) is 0 Å². The summed E-state index contributed by atoms with van der Waals surface area (Å²) in [4.78, 5) is 13.6. The molecule has 0 saturated carbocycles. The van der Waals surface area contributed by atoms with Crippen LogP contribution in [0, 0.1) is 0 Å². The highest BCUT2D eigenvalue weighted by molar-refractivity contribution is 6.30. The van der Waals surface area contributed by atoms with Crippen LogP contribution in [0.15, 0.2) is 18.3 Å². The molecule has 6 heteroatoms. The summed E-state index contributed by atoms with van der Waals surface area (Å²) in [5.74, 6) is -5.48. The number of aromatic nitrogens is 1. The second kappa shape index (κ2) is 3.26. The van der Waals surface area contributed by atoms with Gasteiger partial charge in [-0.1, -0.05) is 11.6 Å². The molecule has 0 radical (unpaired) electrons. The summed E-state index contributed by atoms with van der Waals surface area (Å²) in [6.45, 7) is 0. The number of nitrogens with two attached hydrogens (primary N) is 1. The molecule has 0 aliphatic carbocycles. The summed E-state index contributed by atoms with van der Waals surface area (Å²) in [5, 5.41) is 0.212. The quantitative estimate of drug-likeness (QED) is 0.793. The molecule has 1 aromatic rings. The maximum absolute atomic E-state index is 12.8. The Bertz CT molecular complexity index is 326.